The van der Waals surface area contributed by atoms with Gasteiger partial charge in [0.05, 0.1) is 11.1 Å². The van der Waals surface area contributed by atoms with E-state index < -0.39 is 17.9 Å². The molecule has 9 heteroatoms. The second-order valence-electron chi connectivity index (χ2n) is 4.53. The monoisotopic (exact) mass is 305 g/mol. The van der Waals surface area contributed by atoms with E-state index in [-0.39, 0.29) is 36.6 Å². The van der Waals surface area contributed by atoms with Crippen molar-refractivity contribution in [3.63, 3.8) is 0 Å². The summed E-state index contributed by atoms with van der Waals surface area (Å²) in [6.45, 7) is 0.104. The number of benzene rings is 1. The second kappa shape index (κ2) is 6.12. The highest BCUT2D eigenvalue weighted by molar-refractivity contribution is 6.21. The van der Waals surface area contributed by atoms with E-state index in [0.29, 0.717) is 10.0 Å². The van der Waals surface area contributed by atoms with Crippen molar-refractivity contribution < 1.29 is 19.5 Å². The highest BCUT2D eigenvalue weighted by atomic mass is 16.4. The van der Waals surface area contributed by atoms with Crippen molar-refractivity contribution in [2.75, 3.05) is 13.1 Å². The van der Waals surface area contributed by atoms with Crippen LogP contribution in [0.25, 0.3) is 0 Å². The van der Waals surface area contributed by atoms with Crippen LogP contribution < -0.4 is 11.5 Å². The number of carbonyl (C=O) groups is 3. The van der Waals surface area contributed by atoms with Gasteiger partial charge >= 0.3 is 6.09 Å². The van der Waals surface area contributed by atoms with Crippen LogP contribution in [0.4, 0.5) is 4.79 Å². The first-order valence-electron chi connectivity index (χ1n) is 6.47. The highest BCUT2D eigenvalue weighted by Gasteiger charge is 2.40. The van der Waals surface area contributed by atoms with Crippen molar-refractivity contribution in [2.24, 2.45) is 16.5 Å². The van der Waals surface area contributed by atoms with E-state index in [1.807, 2.05) is 0 Å². The first-order valence-corrected chi connectivity index (χ1v) is 6.47. The van der Waals surface area contributed by atoms with Crippen LogP contribution in [0, 0.1) is 0 Å². The van der Waals surface area contributed by atoms with Gasteiger partial charge in [-0.2, -0.15) is 5.01 Å². The molecule has 0 saturated carbocycles. The minimum Gasteiger partial charge on any atom is -0.464 e. The first kappa shape index (κ1) is 15.3. The molecule has 1 aliphatic rings. The van der Waals surface area contributed by atoms with Gasteiger partial charge in [0, 0.05) is 13.1 Å². The van der Waals surface area contributed by atoms with Crippen LogP contribution in [-0.2, 0) is 0 Å². The van der Waals surface area contributed by atoms with E-state index in [1.165, 1.54) is 12.1 Å². The molecule has 0 aliphatic carbocycles. The van der Waals surface area contributed by atoms with Crippen LogP contribution in [0.2, 0.25) is 0 Å². The number of carboxylic acid groups (broad SMARTS) is 1. The molecule has 0 saturated heterocycles. The summed E-state index contributed by atoms with van der Waals surface area (Å²) < 4.78 is 0. The van der Waals surface area contributed by atoms with Crippen molar-refractivity contribution in [3.05, 3.63) is 35.4 Å². The molecular weight excluding hydrogens is 290 g/mol. The first-order chi connectivity index (χ1) is 10.4. The van der Waals surface area contributed by atoms with Gasteiger partial charge in [-0.05, 0) is 18.6 Å². The van der Waals surface area contributed by atoms with Crippen LogP contribution in [-0.4, -0.2) is 52.1 Å². The summed E-state index contributed by atoms with van der Waals surface area (Å²) in [5, 5.41) is 10.6. The van der Waals surface area contributed by atoms with Crippen LogP contribution >= 0.6 is 0 Å². The summed E-state index contributed by atoms with van der Waals surface area (Å²) in [6, 6.07) is 6.18. The van der Waals surface area contributed by atoms with E-state index in [2.05, 4.69) is 4.99 Å². The molecule has 116 valence electrons. The standard InChI is InChI=1S/C13H15N5O4/c14-12(15)16-6-3-7-17(13(21)22)18-10(19)8-4-1-2-5-9(8)11(18)20/h1-2,4-5H,3,6-7H2,(H,21,22)(H4,14,15,16). The number of fused-ring (bicyclic) bond motifs is 1. The van der Waals surface area contributed by atoms with Gasteiger partial charge < -0.3 is 16.6 Å². The zero-order valence-corrected chi connectivity index (χ0v) is 11.6. The van der Waals surface area contributed by atoms with Crippen molar-refractivity contribution in [1.82, 2.24) is 10.0 Å². The maximum absolute atomic E-state index is 12.2. The smallest absolute Gasteiger partial charge is 0.426 e. The van der Waals surface area contributed by atoms with Gasteiger partial charge in [-0.25, -0.2) is 9.80 Å². The molecule has 5 N–H and O–H groups in total. The lowest BCUT2D eigenvalue weighted by molar-refractivity contribution is 0.00639. The Morgan fingerprint density at radius 3 is 2.18 bits per heavy atom. The Hall–Kier alpha value is -3.10. The van der Waals surface area contributed by atoms with E-state index >= 15 is 0 Å². The minimum atomic E-state index is -1.40. The highest BCUT2D eigenvalue weighted by Crippen LogP contribution is 2.24. The topological polar surface area (TPSA) is 142 Å². The molecule has 1 aliphatic heterocycles. The summed E-state index contributed by atoms with van der Waals surface area (Å²) in [4.78, 5) is 39.5. The zero-order valence-electron chi connectivity index (χ0n) is 11.6. The molecule has 1 aromatic rings. The van der Waals surface area contributed by atoms with Gasteiger partial charge in [0.2, 0.25) is 0 Å². The van der Waals surface area contributed by atoms with Crippen LogP contribution in [0.15, 0.2) is 29.3 Å². The Labute approximate surface area is 125 Å². The van der Waals surface area contributed by atoms with Crippen LogP contribution in [0.3, 0.4) is 0 Å². The molecule has 9 nitrogen and oxygen atoms in total. The Morgan fingerprint density at radius 1 is 1.18 bits per heavy atom. The quantitative estimate of drug-likeness (QED) is 0.298. The summed E-state index contributed by atoms with van der Waals surface area (Å²) >= 11 is 0. The number of imide groups is 1. The van der Waals surface area contributed by atoms with Crippen molar-refractivity contribution in [2.45, 2.75) is 6.42 Å². The number of nitrogens with zero attached hydrogens (tertiary/aromatic N) is 3. The van der Waals surface area contributed by atoms with Gasteiger partial charge in [-0.1, -0.05) is 12.1 Å². The summed E-state index contributed by atoms with van der Waals surface area (Å²) in [5.74, 6) is -1.43. The third-order valence-electron chi connectivity index (χ3n) is 3.06. The number of aliphatic imine (C=N–C) groups is 1. The number of hydrogen-bond acceptors (Lipinski definition) is 4. The largest absolute Gasteiger partial charge is 0.464 e. The molecule has 0 unspecified atom stereocenters. The molecule has 0 atom stereocenters. The van der Waals surface area contributed by atoms with Crippen molar-refractivity contribution >= 4 is 23.9 Å². The van der Waals surface area contributed by atoms with E-state index in [4.69, 9.17) is 11.5 Å². The van der Waals surface area contributed by atoms with Crippen molar-refractivity contribution in [3.8, 4) is 0 Å². The van der Waals surface area contributed by atoms with Crippen LogP contribution in [0.5, 0.6) is 0 Å². The average molecular weight is 305 g/mol. The van der Waals surface area contributed by atoms with E-state index in [0.717, 1.165) is 0 Å². The SMILES string of the molecule is NC(N)=NCCCN(C(=O)O)N1C(=O)c2ccccc2C1=O. The van der Waals surface area contributed by atoms with Gasteiger partial charge in [-0.3, -0.25) is 14.6 Å². The molecule has 0 bridgehead atoms. The molecule has 1 aromatic carbocycles. The number of amides is 3. The third-order valence-corrected chi connectivity index (χ3v) is 3.06. The summed E-state index contributed by atoms with van der Waals surface area (Å²) in [5.41, 5.74) is 10.7. The zero-order chi connectivity index (χ0) is 16.3. The van der Waals surface area contributed by atoms with Crippen LogP contribution in [0.1, 0.15) is 27.1 Å². The molecule has 2 rings (SSSR count). The average Bonchev–Trinajstić information content (AvgIpc) is 2.72. The molecule has 0 radical (unpaired) electrons. The fraction of sp³-hybridized carbons (Fsp3) is 0.231. The number of hydrogen-bond donors (Lipinski definition) is 3. The maximum Gasteiger partial charge on any atom is 0.426 e. The molecule has 3 amide bonds. The normalized spacial score (nSPS) is 13.0. The molecule has 1 heterocycles. The van der Waals surface area contributed by atoms with Crippen molar-refractivity contribution in [1.29, 1.82) is 0 Å². The van der Waals surface area contributed by atoms with E-state index in [9.17, 15) is 19.5 Å². The van der Waals surface area contributed by atoms with E-state index in [1.54, 1.807) is 12.1 Å². The predicted molar refractivity (Wildman–Crippen MR) is 77.0 cm³/mol. The number of hydrazine groups is 1. The molecule has 22 heavy (non-hydrogen) atoms. The number of nitrogens with two attached hydrogens (primary N) is 2. The number of carbonyl (C=O) groups excluding carboxylic acids is 2. The van der Waals surface area contributed by atoms with Gasteiger partial charge in [0.1, 0.15) is 0 Å². The van der Waals surface area contributed by atoms with Gasteiger partial charge in [0.15, 0.2) is 5.96 Å². The number of rotatable bonds is 5. The fourth-order valence-electron chi connectivity index (χ4n) is 2.11. The molecule has 0 aromatic heterocycles. The minimum absolute atomic E-state index is 0.0857. The van der Waals surface area contributed by atoms with Gasteiger partial charge in [0.25, 0.3) is 11.8 Å². The number of guanidine groups is 1. The Balaban J connectivity index is 2.17. The Morgan fingerprint density at radius 2 is 1.73 bits per heavy atom. The predicted octanol–water partition coefficient (Wildman–Crippen LogP) is -0.159. The molecule has 0 spiro atoms. The van der Waals surface area contributed by atoms with Gasteiger partial charge in [-0.15, -0.1) is 0 Å². The third kappa shape index (κ3) is 2.82. The molecular formula is C13H15N5O4. The Kier molecular flexibility index (Phi) is 4.25. The fourth-order valence-corrected chi connectivity index (χ4v) is 2.11. The lowest BCUT2D eigenvalue weighted by atomic mass is 10.1. The molecule has 0 fully saturated rings. The second-order valence-corrected chi connectivity index (χ2v) is 4.53. The lowest BCUT2D eigenvalue weighted by Crippen LogP contribution is -2.49. The summed E-state index contributed by atoms with van der Waals surface area (Å²) in [6.07, 6.45) is -1.14. The summed E-state index contributed by atoms with van der Waals surface area (Å²) in [7, 11) is 0. The lowest BCUT2D eigenvalue weighted by Gasteiger charge is -2.26. The Bertz CT molecular complexity index is 619. The maximum atomic E-state index is 12.2.